The van der Waals surface area contributed by atoms with Gasteiger partial charge in [0.1, 0.15) is 0 Å². The zero-order valence-electron chi connectivity index (χ0n) is 8.64. The molecule has 4 N–H and O–H groups in total. The lowest BCUT2D eigenvalue weighted by atomic mass is 10.1. The minimum absolute atomic E-state index is 0.452. The molecule has 4 nitrogen and oxygen atoms in total. The van der Waals surface area contributed by atoms with E-state index in [-0.39, 0.29) is 0 Å². The van der Waals surface area contributed by atoms with Gasteiger partial charge >= 0.3 is 0 Å². The molecule has 1 aromatic heterocycles. The SMILES string of the molecule is Cc1cn(-c2ccc(N)c(CN)c2)cn1. The van der Waals surface area contributed by atoms with Gasteiger partial charge in [-0.3, -0.25) is 0 Å². The van der Waals surface area contributed by atoms with E-state index in [4.69, 9.17) is 11.5 Å². The zero-order valence-corrected chi connectivity index (χ0v) is 8.64. The van der Waals surface area contributed by atoms with Crippen molar-refractivity contribution >= 4 is 5.69 Å². The van der Waals surface area contributed by atoms with Gasteiger partial charge in [-0.05, 0) is 30.7 Å². The van der Waals surface area contributed by atoms with Gasteiger partial charge in [0.05, 0.1) is 12.0 Å². The Morgan fingerprint density at radius 1 is 1.40 bits per heavy atom. The molecule has 78 valence electrons. The molecule has 0 bridgehead atoms. The first-order valence-electron chi connectivity index (χ1n) is 4.80. The average Bonchev–Trinajstić information content (AvgIpc) is 2.66. The molecule has 0 aliphatic heterocycles. The van der Waals surface area contributed by atoms with Crippen molar-refractivity contribution in [2.75, 3.05) is 5.73 Å². The van der Waals surface area contributed by atoms with Crippen molar-refractivity contribution in [3.05, 3.63) is 42.0 Å². The zero-order chi connectivity index (χ0) is 10.8. The number of aromatic nitrogens is 2. The van der Waals surface area contributed by atoms with Gasteiger partial charge in [-0.1, -0.05) is 0 Å². The molecule has 2 aromatic rings. The minimum atomic E-state index is 0.452. The molecule has 0 aliphatic carbocycles. The first kappa shape index (κ1) is 9.73. The second kappa shape index (κ2) is 3.74. The number of imidazole rings is 1. The van der Waals surface area contributed by atoms with E-state index < -0.39 is 0 Å². The minimum Gasteiger partial charge on any atom is -0.398 e. The second-order valence-corrected chi connectivity index (χ2v) is 3.51. The van der Waals surface area contributed by atoms with Crippen LogP contribution < -0.4 is 11.5 Å². The van der Waals surface area contributed by atoms with Crippen molar-refractivity contribution in [3.8, 4) is 5.69 Å². The summed E-state index contributed by atoms with van der Waals surface area (Å²) >= 11 is 0. The third-order valence-corrected chi connectivity index (χ3v) is 2.36. The van der Waals surface area contributed by atoms with Gasteiger partial charge in [0.15, 0.2) is 0 Å². The largest absolute Gasteiger partial charge is 0.398 e. The van der Waals surface area contributed by atoms with Gasteiger partial charge in [0, 0.05) is 24.1 Å². The van der Waals surface area contributed by atoms with Crippen molar-refractivity contribution in [1.29, 1.82) is 0 Å². The van der Waals surface area contributed by atoms with Gasteiger partial charge in [-0.2, -0.15) is 0 Å². The number of benzene rings is 1. The Bertz CT molecular complexity index is 473. The topological polar surface area (TPSA) is 69.9 Å². The van der Waals surface area contributed by atoms with E-state index in [0.29, 0.717) is 6.54 Å². The second-order valence-electron chi connectivity index (χ2n) is 3.51. The van der Waals surface area contributed by atoms with Gasteiger partial charge in [0.2, 0.25) is 0 Å². The van der Waals surface area contributed by atoms with Crippen LogP contribution in [0.2, 0.25) is 0 Å². The smallest absolute Gasteiger partial charge is 0.0995 e. The molecule has 0 atom stereocenters. The van der Waals surface area contributed by atoms with E-state index in [1.165, 1.54) is 0 Å². The normalized spacial score (nSPS) is 10.5. The highest BCUT2D eigenvalue weighted by Gasteiger charge is 2.01. The van der Waals surface area contributed by atoms with Gasteiger partial charge in [-0.15, -0.1) is 0 Å². The Kier molecular flexibility index (Phi) is 2.43. The number of aryl methyl sites for hydroxylation is 1. The number of rotatable bonds is 2. The molecule has 2 rings (SSSR count). The van der Waals surface area contributed by atoms with Gasteiger partial charge in [0.25, 0.3) is 0 Å². The number of hydrogen-bond donors (Lipinski definition) is 2. The Hall–Kier alpha value is -1.81. The predicted octanol–water partition coefficient (Wildman–Crippen LogP) is 1.22. The lowest BCUT2D eigenvalue weighted by Crippen LogP contribution is -2.03. The maximum Gasteiger partial charge on any atom is 0.0995 e. The molecule has 0 spiro atoms. The van der Waals surface area contributed by atoms with Crippen LogP contribution in [-0.4, -0.2) is 9.55 Å². The highest BCUT2D eigenvalue weighted by molar-refractivity contribution is 5.52. The molecule has 0 radical (unpaired) electrons. The quantitative estimate of drug-likeness (QED) is 0.719. The van der Waals surface area contributed by atoms with Crippen molar-refractivity contribution < 1.29 is 0 Å². The number of hydrogen-bond acceptors (Lipinski definition) is 3. The number of nitrogens with zero attached hydrogens (tertiary/aromatic N) is 2. The summed E-state index contributed by atoms with van der Waals surface area (Å²) in [5.41, 5.74) is 15.1. The fourth-order valence-corrected chi connectivity index (χ4v) is 1.49. The van der Waals surface area contributed by atoms with E-state index in [9.17, 15) is 0 Å². The molecule has 0 saturated heterocycles. The summed E-state index contributed by atoms with van der Waals surface area (Å²) in [5, 5.41) is 0. The van der Waals surface area contributed by atoms with E-state index in [1.807, 2.05) is 35.9 Å². The molecular weight excluding hydrogens is 188 g/mol. The molecule has 0 amide bonds. The van der Waals surface area contributed by atoms with Crippen molar-refractivity contribution in [2.45, 2.75) is 13.5 Å². The van der Waals surface area contributed by atoms with Crippen molar-refractivity contribution in [3.63, 3.8) is 0 Å². The van der Waals surface area contributed by atoms with Crippen LogP contribution in [0.15, 0.2) is 30.7 Å². The van der Waals surface area contributed by atoms with E-state index in [0.717, 1.165) is 22.6 Å². The molecule has 1 aromatic carbocycles. The summed E-state index contributed by atoms with van der Waals surface area (Å²) in [6.45, 7) is 2.41. The van der Waals surface area contributed by atoms with Crippen molar-refractivity contribution in [1.82, 2.24) is 9.55 Å². The standard InChI is InChI=1S/C11H14N4/c1-8-6-15(7-14-8)10-2-3-11(13)9(4-10)5-12/h2-4,6-7H,5,12-13H2,1H3. The Balaban J connectivity index is 2.45. The highest BCUT2D eigenvalue weighted by atomic mass is 15.0. The fraction of sp³-hybridized carbons (Fsp3) is 0.182. The lowest BCUT2D eigenvalue weighted by molar-refractivity contribution is 1.03. The van der Waals surface area contributed by atoms with Crippen LogP contribution >= 0.6 is 0 Å². The fourth-order valence-electron chi connectivity index (χ4n) is 1.49. The van der Waals surface area contributed by atoms with Crippen LogP contribution in [0.1, 0.15) is 11.3 Å². The number of anilines is 1. The molecule has 1 heterocycles. The summed E-state index contributed by atoms with van der Waals surface area (Å²) in [6.07, 6.45) is 3.74. The Morgan fingerprint density at radius 3 is 2.80 bits per heavy atom. The molecule has 4 heteroatoms. The summed E-state index contributed by atoms with van der Waals surface area (Å²) in [7, 11) is 0. The van der Waals surface area contributed by atoms with Crippen molar-refractivity contribution in [2.24, 2.45) is 5.73 Å². The Morgan fingerprint density at radius 2 is 2.20 bits per heavy atom. The van der Waals surface area contributed by atoms with Crippen LogP contribution in [0.5, 0.6) is 0 Å². The third-order valence-electron chi connectivity index (χ3n) is 2.36. The average molecular weight is 202 g/mol. The molecular formula is C11H14N4. The van der Waals surface area contributed by atoms with E-state index in [2.05, 4.69) is 4.98 Å². The Labute approximate surface area is 88.5 Å². The third kappa shape index (κ3) is 1.85. The van der Waals surface area contributed by atoms with Crippen LogP contribution in [-0.2, 0) is 6.54 Å². The van der Waals surface area contributed by atoms with E-state index in [1.54, 1.807) is 6.33 Å². The first-order valence-corrected chi connectivity index (χ1v) is 4.80. The monoisotopic (exact) mass is 202 g/mol. The molecule has 0 aliphatic rings. The van der Waals surface area contributed by atoms with Crippen LogP contribution in [0.25, 0.3) is 5.69 Å². The number of nitrogens with two attached hydrogens (primary N) is 2. The molecule has 0 unspecified atom stereocenters. The maximum absolute atomic E-state index is 5.78. The van der Waals surface area contributed by atoms with Crippen LogP contribution in [0, 0.1) is 6.92 Å². The summed E-state index contributed by atoms with van der Waals surface area (Å²) in [4.78, 5) is 4.17. The van der Waals surface area contributed by atoms with Crippen LogP contribution in [0.3, 0.4) is 0 Å². The molecule has 0 fully saturated rings. The predicted molar refractivity (Wildman–Crippen MR) is 60.6 cm³/mol. The van der Waals surface area contributed by atoms with Crippen LogP contribution in [0.4, 0.5) is 5.69 Å². The number of nitrogen functional groups attached to an aromatic ring is 1. The summed E-state index contributed by atoms with van der Waals surface area (Å²) in [5.74, 6) is 0. The summed E-state index contributed by atoms with van der Waals surface area (Å²) in [6, 6.07) is 5.80. The maximum atomic E-state index is 5.78. The van der Waals surface area contributed by atoms with Gasteiger partial charge < -0.3 is 16.0 Å². The lowest BCUT2D eigenvalue weighted by Gasteiger charge is -2.07. The highest BCUT2D eigenvalue weighted by Crippen LogP contribution is 2.16. The first-order chi connectivity index (χ1) is 7.20. The molecule has 0 saturated carbocycles. The van der Waals surface area contributed by atoms with E-state index >= 15 is 0 Å². The summed E-state index contributed by atoms with van der Waals surface area (Å²) < 4.78 is 1.95. The van der Waals surface area contributed by atoms with Gasteiger partial charge in [-0.25, -0.2) is 4.98 Å². The molecule has 15 heavy (non-hydrogen) atoms.